The molecule has 0 fully saturated rings. The van der Waals surface area contributed by atoms with Crippen LogP contribution >= 0.6 is 8.20 Å². The number of H-pyrrole nitrogens is 1. The van der Waals surface area contributed by atoms with E-state index in [1.165, 1.54) is 18.2 Å². The molecule has 2 aliphatic rings. The minimum absolute atomic E-state index is 0.0124. The predicted octanol–water partition coefficient (Wildman–Crippen LogP) is 4.14. The molecule has 0 aliphatic carbocycles. The van der Waals surface area contributed by atoms with Gasteiger partial charge in [-0.05, 0) is 84.6 Å². The smallest absolute Gasteiger partial charge is 0.258 e. The maximum absolute atomic E-state index is 14.0. The van der Waals surface area contributed by atoms with Crippen molar-refractivity contribution in [3.8, 4) is 0 Å². The minimum Gasteiger partial charge on any atom is -0.370 e. The fraction of sp³-hybridized carbons (Fsp3) is 0.242. The molecular weight excluding hydrogens is 623 g/mol. The molecule has 2 atom stereocenters. The van der Waals surface area contributed by atoms with Crippen LogP contribution < -0.4 is 21.5 Å². The first-order chi connectivity index (χ1) is 22.0. The number of rotatable bonds is 6. The van der Waals surface area contributed by atoms with Crippen LogP contribution in [0, 0.1) is 13.8 Å². The Hall–Kier alpha value is -4.64. The molecule has 1 aromatic heterocycles. The lowest BCUT2D eigenvalue weighted by atomic mass is 9.94. The molecule has 4 N–H and O–H groups in total. The van der Waals surface area contributed by atoms with Crippen molar-refractivity contribution in [3.05, 3.63) is 104 Å². The highest BCUT2D eigenvalue weighted by atomic mass is 32.2. The fourth-order valence-electron chi connectivity index (χ4n) is 5.54. The number of hydrogen-bond acceptors (Lipinski definition) is 8. The first-order valence-corrected chi connectivity index (χ1v) is 17.5. The molecule has 2 aliphatic heterocycles. The third-order valence-electron chi connectivity index (χ3n) is 7.93. The summed E-state index contributed by atoms with van der Waals surface area (Å²) in [4.78, 5) is 48.4. The summed E-state index contributed by atoms with van der Waals surface area (Å²) in [6, 6.07) is 12.6. The van der Waals surface area contributed by atoms with Crippen molar-refractivity contribution in [2.24, 2.45) is 0 Å². The van der Waals surface area contributed by atoms with E-state index < -0.39 is 21.8 Å². The number of nitrogens with zero attached hydrogens (tertiary/aromatic N) is 2. The van der Waals surface area contributed by atoms with E-state index in [1.54, 1.807) is 30.3 Å². The molecule has 238 valence electrons. The van der Waals surface area contributed by atoms with Crippen LogP contribution in [0.1, 0.15) is 40.8 Å². The first kappa shape index (κ1) is 32.7. The summed E-state index contributed by atoms with van der Waals surface area (Å²) in [5.41, 5.74) is 5.12. The molecule has 46 heavy (non-hydrogen) atoms. The molecule has 2 amide bonds. The van der Waals surface area contributed by atoms with Crippen LogP contribution in [-0.4, -0.2) is 54.5 Å². The Morgan fingerprint density at radius 3 is 2.54 bits per heavy atom. The van der Waals surface area contributed by atoms with Gasteiger partial charge >= 0.3 is 0 Å². The zero-order valence-electron chi connectivity index (χ0n) is 25.8. The van der Waals surface area contributed by atoms with Crippen LogP contribution in [0.3, 0.4) is 0 Å². The largest absolute Gasteiger partial charge is 0.370 e. The van der Waals surface area contributed by atoms with Gasteiger partial charge in [-0.2, -0.15) is 0 Å². The van der Waals surface area contributed by atoms with Crippen molar-refractivity contribution in [2.75, 3.05) is 23.7 Å². The molecule has 4 bridgehead atoms. The molecular formula is C33H36N6O5PS+. The van der Waals surface area contributed by atoms with E-state index in [4.69, 9.17) is 0 Å². The molecule has 4 aromatic rings. The second-order valence-corrected chi connectivity index (χ2v) is 13.7. The molecule has 0 radical (unpaired) electrons. The standard InChI is InChI=1S/C33H35N6O5PS/c1-5-39-17-27-20(2)12-22(13-21(27)3)31(38-25-6-8-28-26(15-25)32(41)36-19-35-28)33(42)34-16-23-14-24(37-30(40)18-39)7-9-29(23)46(43,44)11-10-45-4/h6-15,19,31,38H,4-5,16-18H2,1-3H3,(H,34,42)(H,37,40)(H,35,36,41)/p+1/b11-10+. The molecule has 3 heterocycles. The van der Waals surface area contributed by atoms with E-state index in [9.17, 15) is 22.8 Å². The highest BCUT2D eigenvalue weighted by molar-refractivity contribution is 7.94. The Morgan fingerprint density at radius 2 is 1.83 bits per heavy atom. The average Bonchev–Trinajstić information content (AvgIpc) is 3.02. The molecule has 2 unspecified atom stereocenters. The van der Waals surface area contributed by atoms with Gasteiger partial charge < -0.3 is 20.9 Å². The van der Waals surface area contributed by atoms with E-state index >= 15 is 0 Å². The fourth-order valence-corrected chi connectivity index (χ4v) is 7.55. The van der Waals surface area contributed by atoms with Gasteiger partial charge in [-0.15, -0.1) is 0 Å². The van der Waals surface area contributed by atoms with Gasteiger partial charge in [-0.3, -0.25) is 19.3 Å². The number of nitrogens with one attached hydrogen (secondary N) is 4. The number of fused-ring (bicyclic) bond motifs is 10. The van der Waals surface area contributed by atoms with Crippen LogP contribution in [0.25, 0.3) is 10.9 Å². The lowest BCUT2D eigenvalue weighted by Crippen LogP contribution is -2.35. The summed E-state index contributed by atoms with van der Waals surface area (Å²) >= 11 is 0. The van der Waals surface area contributed by atoms with E-state index in [-0.39, 0.29) is 37.7 Å². The summed E-state index contributed by atoms with van der Waals surface area (Å²) in [7, 11) is -3.81. The van der Waals surface area contributed by atoms with Gasteiger partial charge in [0.1, 0.15) is 20.1 Å². The van der Waals surface area contributed by atoms with Crippen LogP contribution in [0.2, 0.25) is 0 Å². The van der Waals surface area contributed by atoms with Crippen LogP contribution in [0.15, 0.2) is 75.8 Å². The molecule has 11 nitrogen and oxygen atoms in total. The summed E-state index contributed by atoms with van der Waals surface area (Å²) in [5.74, 6) is 0.823. The lowest BCUT2D eigenvalue weighted by molar-refractivity contribution is -0.122. The first-order valence-electron chi connectivity index (χ1n) is 14.7. The topological polar surface area (TPSA) is 153 Å². The summed E-state index contributed by atoms with van der Waals surface area (Å²) < 4.78 is 26.4. The highest BCUT2D eigenvalue weighted by Gasteiger charge is 2.25. The van der Waals surface area contributed by atoms with Gasteiger partial charge in [0.2, 0.25) is 21.7 Å². The third-order valence-corrected chi connectivity index (χ3v) is 10.1. The highest BCUT2D eigenvalue weighted by Crippen LogP contribution is 2.28. The predicted molar refractivity (Wildman–Crippen MR) is 184 cm³/mol. The number of likely N-dealkylation sites (N-methyl/N-ethyl adjacent to an activating group) is 1. The number of aromatic nitrogens is 2. The quantitative estimate of drug-likeness (QED) is 0.226. The Kier molecular flexibility index (Phi) is 9.81. The molecule has 6 rings (SSSR count). The number of amides is 2. The number of carbonyl (C=O) groups is 2. The zero-order valence-corrected chi connectivity index (χ0v) is 27.6. The number of anilines is 2. The van der Waals surface area contributed by atoms with E-state index in [0.717, 1.165) is 22.1 Å². The second-order valence-electron chi connectivity index (χ2n) is 11.1. The van der Waals surface area contributed by atoms with Gasteiger partial charge in [0.05, 0.1) is 40.4 Å². The van der Waals surface area contributed by atoms with Crippen molar-refractivity contribution in [3.63, 3.8) is 0 Å². The average molecular weight is 660 g/mol. The number of aromatic amines is 1. The summed E-state index contributed by atoms with van der Waals surface area (Å²) in [6.45, 7) is 7.08. The number of carbonyl (C=O) groups excluding carboxylic acids is 2. The third kappa shape index (κ3) is 7.25. The minimum atomic E-state index is -3.86. The SMILES string of the molecule is C=[PH+]/C=C/S(=O)(=O)c1ccc2cc1CNC(=O)C(Nc1ccc3nc[nH]c(=O)c3c1)c1cc(C)c(c(C)c1)CN(CC)CC(=O)N2. The Labute approximate surface area is 268 Å². The van der Waals surface area contributed by atoms with Crippen molar-refractivity contribution in [2.45, 2.75) is 44.8 Å². The normalized spacial score (nSPS) is 16.5. The maximum Gasteiger partial charge on any atom is 0.258 e. The van der Waals surface area contributed by atoms with Crippen LogP contribution in [-0.2, 0) is 32.5 Å². The van der Waals surface area contributed by atoms with Crippen LogP contribution in [0.5, 0.6) is 0 Å². The van der Waals surface area contributed by atoms with E-state index in [2.05, 4.69) is 32.2 Å². The summed E-state index contributed by atoms with van der Waals surface area (Å²) in [6.07, 6.45) is 5.04. The van der Waals surface area contributed by atoms with Gasteiger partial charge in [0.15, 0.2) is 0 Å². The number of aryl methyl sites for hydroxylation is 2. The number of sulfone groups is 1. The Morgan fingerprint density at radius 1 is 1.07 bits per heavy atom. The maximum atomic E-state index is 14.0. The zero-order chi connectivity index (χ0) is 33.0. The number of benzene rings is 3. The summed E-state index contributed by atoms with van der Waals surface area (Å²) in [5, 5.41) is 10.6. The van der Waals surface area contributed by atoms with Gasteiger partial charge in [0.25, 0.3) is 5.56 Å². The van der Waals surface area contributed by atoms with Gasteiger partial charge in [0, 0.05) is 24.5 Å². The number of hydrogen-bond donors (Lipinski definition) is 4. The lowest BCUT2D eigenvalue weighted by Gasteiger charge is -2.26. The molecule has 0 saturated carbocycles. The molecule has 3 aromatic carbocycles. The monoisotopic (exact) mass is 659 g/mol. The van der Waals surface area contributed by atoms with Gasteiger partial charge in [-0.25, -0.2) is 13.4 Å². The van der Waals surface area contributed by atoms with Crippen molar-refractivity contribution in [1.82, 2.24) is 20.2 Å². The molecule has 13 heteroatoms. The van der Waals surface area contributed by atoms with Crippen molar-refractivity contribution >= 4 is 58.4 Å². The molecule has 0 spiro atoms. The van der Waals surface area contributed by atoms with Gasteiger partial charge in [-0.1, -0.05) is 19.1 Å². The van der Waals surface area contributed by atoms with E-state index in [1.807, 2.05) is 37.8 Å². The molecule has 0 saturated heterocycles. The Bertz CT molecular complexity index is 2020. The Balaban J connectivity index is 1.61. The van der Waals surface area contributed by atoms with Crippen molar-refractivity contribution in [1.29, 1.82) is 0 Å². The second kappa shape index (κ2) is 13.8. The van der Waals surface area contributed by atoms with Crippen molar-refractivity contribution < 1.29 is 18.0 Å². The van der Waals surface area contributed by atoms with E-state index in [0.29, 0.717) is 46.5 Å². The van der Waals surface area contributed by atoms with Crippen LogP contribution in [0.4, 0.5) is 11.4 Å².